The first kappa shape index (κ1) is 25.8. The lowest BCUT2D eigenvalue weighted by Crippen LogP contribution is -2.12. The van der Waals surface area contributed by atoms with Crippen LogP contribution in [0.25, 0.3) is 10.8 Å². The molecule has 0 fully saturated rings. The van der Waals surface area contributed by atoms with Gasteiger partial charge in [0, 0.05) is 16.6 Å². The number of nitrogens with one attached hydrogen (secondary N) is 1. The number of carbonyl (C=O) groups is 1. The van der Waals surface area contributed by atoms with Gasteiger partial charge in [0.25, 0.3) is 16.0 Å². The summed E-state index contributed by atoms with van der Waals surface area (Å²) in [5.41, 5.74) is 1.96. The minimum atomic E-state index is -4.30. The largest absolute Gasteiger partial charge is 0.505 e. The zero-order valence-corrected chi connectivity index (χ0v) is 20.9. The highest BCUT2D eigenvalue weighted by Gasteiger charge is 2.21. The maximum atomic E-state index is 12.6. The maximum absolute atomic E-state index is 12.6. The van der Waals surface area contributed by atoms with E-state index in [1.54, 1.807) is 79.7 Å². The van der Waals surface area contributed by atoms with Crippen LogP contribution in [0.2, 0.25) is 0 Å². The number of nitrogens with zero attached hydrogens (tertiary/aromatic N) is 2. The van der Waals surface area contributed by atoms with Gasteiger partial charge >= 0.3 is 0 Å². The van der Waals surface area contributed by atoms with Crippen LogP contribution >= 0.6 is 0 Å². The summed E-state index contributed by atoms with van der Waals surface area (Å²) in [7, 11) is -2.79. The fourth-order valence-corrected chi connectivity index (χ4v) is 4.81. The number of hydrogen-bond donors (Lipinski definition) is 3. The summed E-state index contributed by atoms with van der Waals surface area (Å²) in [4.78, 5) is 12.6. The number of amides is 1. The Bertz CT molecular complexity index is 1590. The summed E-state index contributed by atoms with van der Waals surface area (Å²) in [6, 6.07) is 22.1. The fourth-order valence-electron chi connectivity index (χ4n) is 4.00. The van der Waals surface area contributed by atoms with E-state index in [-0.39, 0.29) is 17.3 Å². The number of benzene rings is 4. The van der Waals surface area contributed by atoms with Crippen molar-refractivity contribution in [2.75, 3.05) is 18.2 Å². The number of para-hydroxylation sites is 1. The minimum Gasteiger partial charge on any atom is -0.505 e. The molecule has 190 valence electrons. The molecule has 4 rings (SSSR count). The number of hydrogen-bond acceptors (Lipinski definition) is 7. The molecule has 0 aliphatic heterocycles. The molecule has 4 aromatic rings. The summed E-state index contributed by atoms with van der Waals surface area (Å²) in [5.74, 6) is -1.21. The molecule has 0 spiro atoms. The van der Waals surface area contributed by atoms with Crippen molar-refractivity contribution < 1.29 is 27.6 Å². The Kier molecular flexibility index (Phi) is 7.51. The Morgan fingerprint density at radius 3 is 2.32 bits per heavy atom. The lowest BCUT2D eigenvalue weighted by molar-refractivity contribution is 0.102. The van der Waals surface area contributed by atoms with Crippen LogP contribution in [0.5, 0.6) is 11.5 Å². The second-order valence-corrected chi connectivity index (χ2v) is 9.93. The van der Waals surface area contributed by atoms with Gasteiger partial charge in [-0.25, -0.2) is 0 Å². The van der Waals surface area contributed by atoms with E-state index in [0.717, 1.165) is 0 Å². The monoisotopic (exact) mass is 519 g/mol. The number of ether oxygens (including phenoxy) is 1. The molecular weight excluding hydrogens is 494 g/mol. The summed E-state index contributed by atoms with van der Waals surface area (Å²) >= 11 is 0. The van der Waals surface area contributed by atoms with E-state index in [2.05, 4.69) is 15.5 Å². The minimum absolute atomic E-state index is 0.108. The molecule has 10 heteroatoms. The average molecular weight is 520 g/mol. The molecule has 0 aromatic heterocycles. The SMILES string of the molecule is COc1ccccc1N=Nc1cc(C(C)CS(=O)(=O)O)c2cc(NC(=O)c3ccccc3)ccc2c1O. The molecule has 0 saturated carbocycles. The van der Waals surface area contributed by atoms with Crippen molar-refractivity contribution >= 4 is 43.9 Å². The summed E-state index contributed by atoms with van der Waals surface area (Å²) in [6.45, 7) is 1.63. The quantitative estimate of drug-likeness (QED) is 0.187. The predicted molar refractivity (Wildman–Crippen MR) is 142 cm³/mol. The second kappa shape index (κ2) is 10.8. The van der Waals surface area contributed by atoms with Gasteiger partial charge in [0.15, 0.2) is 5.75 Å². The number of carbonyl (C=O) groups excluding carboxylic acids is 1. The van der Waals surface area contributed by atoms with Crippen molar-refractivity contribution in [3.05, 3.63) is 90.0 Å². The van der Waals surface area contributed by atoms with Crippen LogP contribution in [-0.2, 0) is 10.1 Å². The molecule has 0 saturated heterocycles. The molecule has 3 N–H and O–H groups in total. The third-order valence-corrected chi connectivity index (χ3v) is 6.68. The van der Waals surface area contributed by atoms with E-state index in [1.165, 1.54) is 13.2 Å². The molecule has 1 atom stereocenters. The van der Waals surface area contributed by atoms with Crippen LogP contribution in [0.1, 0.15) is 28.8 Å². The zero-order valence-electron chi connectivity index (χ0n) is 20.1. The van der Waals surface area contributed by atoms with Crippen molar-refractivity contribution in [1.82, 2.24) is 0 Å². The number of aromatic hydroxyl groups is 1. The van der Waals surface area contributed by atoms with Crippen LogP contribution < -0.4 is 10.1 Å². The van der Waals surface area contributed by atoms with Gasteiger partial charge < -0.3 is 15.2 Å². The van der Waals surface area contributed by atoms with E-state index < -0.39 is 21.8 Å². The molecule has 37 heavy (non-hydrogen) atoms. The van der Waals surface area contributed by atoms with Crippen molar-refractivity contribution in [1.29, 1.82) is 0 Å². The average Bonchev–Trinajstić information content (AvgIpc) is 2.88. The van der Waals surface area contributed by atoms with Crippen molar-refractivity contribution in [3.8, 4) is 11.5 Å². The van der Waals surface area contributed by atoms with Gasteiger partial charge in [0.1, 0.15) is 17.1 Å². The summed E-state index contributed by atoms with van der Waals surface area (Å²) < 4.78 is 38.0. The van der Waals surface area contributed by atoms with Crippen molar-refractivity contribution in [3.63, 3.8) is 0 Å². The van der Waals surface area contributed by atoms with Gasteiger partial charge in [0.05, 0.1) is 12.9 Å². The molecule has 0 heterocycles. The Hall–Kier alpha value is -4.28. The predicted octanol–water partition coefficient (Wildman–Crippen LogP) is 6.21. The first-order chi connectivity index (χ1) is 17.7. The van der Waals surface area contributed by atoms with Gasteiger partial charge in [-0.2, -0.15) is 8.42 Å². The van der Waals surface area contributed by atoms with Gasteiger partial charge in [-0.05, 0) is 65.4 Å². The normalized spacial score (nSPS) is 12.5. The number of rotatable bonds is 8. The molecule has 1 unspecified atom stereocenters. The molecule has 0 aliphatic carbocycles. The molecule has 0 bridgehead atoms. The zero-order chi connectivity index (χ0) is 26.6. The van der Waals surface area contributed by atoms with E-state index in [4.69, 9.17) is 4.74 Å². The number of anilines is 1. The first-order valence-electron chi connectivity index (χ1n) is 11.3. The Balaban J connectivity index is 1.80. The number of azo groups is 1. The van der Waals surface area contributed by atoms with E-state index >= 15 is 0 Å². The standard InChI is InChI=1S/C27H25N3O6S/c1-17(16-37(33,34)35)21-15-24(30-29-23-10-6-7-11-25(23)36-2)26(31)20-13-12-19(14-22(20)21)28-27(32)18-8-4-3-5-9-18/h3-15,17,31H,16H2,1-2H3,(H,28,32)(H,33,34,35). The Morgan fingerprint density at radius 1 is 0.946 bits per heavy atom. The van der Waals surface area contributed by atoms with E-state index in [9.17, 15) is 22.9 Å². The summed E-state index contributed by atoms with van der Waals surface area (Å²) in [5, 5.41) is 23.1. The number of phenols is 1. The highest BCUT2D eigenvalue weighted by Crippen LogP contribution is 2.42. The Morgan fingerprint density at radius 2 is 1.62 bits per heavy atom. The number of methoxy groups -OCH3 is 1. The van der Waals surface area contributed by atoms with Crippen LogP contribution in [0.15, 0.2) is 89.1 Å². The van der Waals surface area contributed by atoms with E-state index in [0.29, 0.717) is 39.0 Å². The molecular formula is C27H25N3O6S. The second-order valence-electron chi connectivity index (χ2n) is 8.44. The number of phenolic OH excluding ortho intramolecular Hbond substituents is 1. The lowest BCUT2D eigenvalue weighted by Gasteiger charge is -2.17. The maximum Gasteiger partial charge on any atom is 0.265 e. The van der Waals surface area contributed by atoms with Gasteiger partial charge in [0.2, 0.25) is 0 Å². The van der Waals surface area contributed by atoms with E-state index in [1.807, 2.05) is 0 Å². The van der Waals surface area contributed by atoms with Gasteiger partial charge in [-0.1, -0.05) is 37.3 Å². The van der Waals surface area contributed by atoms with Crippen LogP contribution in [-0.4, -0.2) is 36.8 Å². The molecule has 4 aromatic carbocycles. The summed E-state index contributed by atoms with van der Waals surface area (Å²) in [6.07, 6.45) is 0. The molecule has 0 aliphatic rings. The topological polar surface area (TPSA) is 138 Å². The van der Waals surface area contributed by atoms with Crippen LogP contribution in [0.3, 0.4) is 0 Å². The smallest absolute Gasteiger partial charge is 0.265 e. The number of fused-ring (bicyclic) bond motifs is 1. The molecule has 0 radical (unpaired) electrons. The molecule has 1 amide bonds. The molecule has 9 nitrogen and oxygen atoms in total. The van der Waals surface area contributed by atoms with Crippen LogP contribution in [0, 0.1) is 0 Å². The van der Waals surface area contributed by atoms with Gasteiger partial charge in [-0.15, -0.1) is 10.2 Å². The Labute approximate surface area is 214 Å². The van der Waals surface area contributed by atoms with Crippen LogP contribution in [0.4, 0.5) is 17.1 Å². The third kappa shape index (κ3) is 6.11. The third-order valence-electron chi connectivity index (χ3n) is 5.76. The lowest BCUT2D eigenvalue weighted by atomic mass is 9.94. The fraction of sp³-hybridized carbons (Fsp3) is 0.148. The first-order valence-corrected chi connectivity index (χ1v) is 12.9. The van der Waals surface area contributed by atoms with Gasteiger partial charge in [-0.3, -0.25) is 9.35 Å². The highest BCUT2D eigenvalue weighted by molar-refractivity contribution is 7.85. The highest BCUT2D eigenvalue weighted by atomic mass is 32.2. The van der Waals surface area contributed by atoms with Crippen molar-refractivity contribution in [2.24, 2.45) is 10.2 Å². The van der Waals surface area contributed by atoms with Crippen molar-refractivity contribution in [2.45, 2.75) is 12.8 Å².